The summed E-state index contributed by atoms with van der Waals surface area (Å²) in [5.41, 5.74) is 1.33. The van der Waals surface area contributed by atoms with Crippen molar-refractivity contribution in [2.45, 2.75) is 31.2 Å². The van der Waals surface area contributed by atoms with Crippen molar-refractivity contribution in [2.24, 2.45) is 0 Å². The molecule has 2 unspecified atom stereocenters. The van der Waals surface area contributed by atoms with E-state index in [4.69, 9.17) is 4.74 Å². The summed E-state index contributed by atoms with van der Waals surface area (Å²) in [5.74, 6) is 2.27. The summed E-state index contributed by atoms with van der Waals surface area (Å²) in [6.07, 6.45) is 0.830. The Balaban J connectivity index is 1.78. The van der Waals surface area contributed by atoms with E-state index in [0.29, 0.717) is 13.2 Å². The van der Waals surface area contributed by atoms with E-state index in [9.17, 15) is 9.90 Å². The minimum absolute atomic E-state index is 0.0337. The first-order valence-electron chi connectivity index (χ1n) is 6.91. The van der Waals surface area contributed by atoms with E-state index < -0.39 is 0 Å². The molecule has 1 N–H and O–H groups in total. The van der Waals surface area contributed by atoms with E-state index in [1.807, 2.05) is 23.6 Å². The molecule has 3 rings (SSSR count). The molecule has 2 aliphatic rings. The Labute approximate surface area is 127 Å². The Morgan fingerprint density at radius 2 is 2.45 bits per heavy atom. The fourth-order valence-electron chi connectivity index (χ4n) is 2.61. The van der Waals surface area contributed by atoms with E-state index in [-0.39, 0.29) is 24.7 Å². The molecular weight excluding hydrogens is 294 g/mol. The third-order valence-corrected chi connectivity index (χ3v) is 6.04. The van der Waals surface area contributed by atoms with Crippen LogP contribution >= 0.6 is 23.1 Å². The molecule has 20 heavy (non-hydrogen) atoms. The first kappa shape index (κ1) is 14.4. The van der Waals surface area contributed by atoms with Crippen LogP contribution in [0, 0.1) is 0 Å². The number of amides is 1. The average molecular weight is 313 g/mol. The van der Waals surface area contributed by atoms with Crippen LogP contribution in [0.4, 0.5) is 0 Å². The summed E-state index contributed by atoms with van der Waals surface area (Å²) in [7, 11) is 0. The van der Waals surface area contributed by atoms with E-state index in [0.717, 1.165) is 22.8 Å². The van der Waals surface area contributed by atoms with Crippen LogP contribution in [-0.2, 0) is 16.9 Å². The Hall–Kier alpha value is -0.560. The highest BCUT2D eigenvalue weighted by atomic mass is 32.2. The number of nitrogens with zero attached hydrogens (tertiary/aromatic N) is 1. The van der Waals surface area contributed by atoms with Crippen molar-refractivity contribution in [3.05, 3.63) is 21.4 Å². The maximum absolute atomic E-state index is 12.7. The van der Waals surface area contributed by atoms with Crippen molar-refractivity contribution in [3.63, 3.8) is 0 Å². The van der Waals surface area contributed by atoms with Crippen LogP contribution in [0.1, 0.15) is 27.0 Å². The van der Waals surface area contributed by atoms with Gasteiger partial charge in [-0.05, 0) is 30.7 Å². The highest BCUT2D eigenvalue weighted by molar-refractivity contribution is 7.98. The van der Waals surface area contributed by atoms with Crippen molar-refractivity contribution in [3.8, 4) is 0 Å². The Bertz CT molecular complexity index is 479. The summed E-state index contributed by atoms with van der Waals surface area (Å²) in [6, 6.07) is 2.13. The molecule has 1 saturated heterocycles. The van der Waals surface area contributed by atoms with Gasteiger partial charge in [0.25, 0.3) is 5.91 Å². The van der Waals surface area contributed by atoms with Crippen molar-refractivity contribution >= 4 is 29.0 Å². The molecule has 6 heteroatoms. The first-order valence-corrected chi connectivity index (χ1v) is 8.89. The topological polar surface area (TPSA) is 49.8 Å². The normalized spacial score (nSPS) is 26.4. The number of fused-ring (bicyclic) bond motifs is 1. The average Bonchev–Trinajstić information content (AvgIpc) is 2.91. The van der Waals surface area contributed by atoms with Gasteiger partial charge in [-0.2, -0.15) is 11.8 Å². The predicted molar refractivity (Wildman–Crippen MR) is 81.5 cm³/mol. The summed E-state index contributed by atoms with van der Waals surface area (Å²) < 4.78 is 5.49. The highest BCUT2D eigenvalue weighted by Crippen LogP contribution is 2.32. The molecule has 1 amide bonds. The van der Waals surface area contributed by atoms with Gasteiger partial charge in [-0.1, -0.05) is 0 Å². The minimum atomic E-state index is -0.250. The number of hydrogen-bond acceptors (Lipinski definition) is 5. The zero-order chi connectivity index (χ0) is 14.1. The van der Waals surface area contributed by atoms with Crippen LogP contribution < -0.4 is 0 Å². The molecular formula is C14H19NO3S2. The third-order valence-electron chi connectivity index (χ3n) is 3.81. The fraction of sp³-hybridized carbons (Fsp3) is 0.643. The monoisotopic (exact) mass is 313 g/mol. The molecule has 2 aliphatic heterocycles. The Morgan fingerprint density at radius 1 is 1.60 bits per heavy atom. The van der Waals surface area contributed by atoms with Crippen LogP contribution in [0.2, 0.25) is 0 Å². The number of aliphatic hydroxyl groups is 1. The molecule has 1 aromatic rings. The first-order chi connectivity index (χ1) is 9.69. The maximum Gasteiger partial charge on any atom is 0.264 e. The van der Waals surface area contributed by atoms with Crippen molar-refractivity contribution in [1.29, 1.82) is 0 Å². The second-order valence-electron chi connectivity index (χ2n) is 5.31. The number of morpholine rings is 1. The third kappa shape index (κ3) is 2.74. The predicted octanol–water partition coefficient (Wildman–Crippen LogP) is 1.76. The summed E-state index contributed by atoms with van der Waals surface area (Å²) in [4.78, 5) is 16.7. The highest BCUT2D eigenvalue weighted by Gasteiger charge is 2.31. The van der Waals surface area contributed by atoms with Crippen molar-refractivity contribution in [1.82, 2.24) is 4.90 Å². The lowest BCUT2D eigenvalue weighted by Gasteiger charge is -2.37. The summed E-state index contributed by atoms with van der Waals surface area (Å²) in [6.45, 7) is 2.94. The van der Waals surface area contributed by atoms with Gasteiger partial charge in [0.2, 0.25) is 0 Å². The lowest BCUT2D eigenvalue weighted by Crippen LogP contribution is -2.51. The number of aliphatic hydroxyl groups excluding tert-OH is 1. The molecule has 0 radical (unpaired) electrons. The Kier molecular flexibility index (Phi) is 4.35. The molecule has 1 fully saturated rings. The van der Waals surface area contributed by atoms with Crippen molar-refractivity contribution < 1.29 is 14.6 Å². The lowest BCUT2D eigenvalue weighted by molar-refractivity contribution is -0.0666. The van der Waals surface area contributed by atoms with Crippen LogP contribution in [0.25, 0.3) is 0 Å². The molecule has 3 heterocycles. The van der Waals surface area contributed by atoms with Crippen LogP contribution in [-0.4, -0.2) is 53.6 Å². The number of carbonyl (C=O) groups excluding carboxylic acids is 1. The van der Waals surface area contributed by atoms with Crippen LogP contribution in [0.15, 0.2) is 6.07 Å². The van der Waals surface area contributed by atoms with Gasteiger partial charge < -0.3 is 14.7 Å². The van der Waals surface area contributed by atoms with Crippen LogP contribution in [0.3, 0.4) is 0 Å². The smallest absolute Gasteiger partial charge is 0.264 e. The van der Waals surface area contributed by atoms with Gasteiger partial charge in [0.05, 0.1) is 30.2 Å². The second kappa shape index (κ2) is 6.05. The molecule has 0 aromatic carbocycles. The molecule has 0 aliphatic carbocycles. The zero-order valence-electron chi connectivity index (χ0n) is 11.5. The molecule has 2 atom stereocenters. The molecule has 1 aromatic heterocycles. The van der Waals surface area contributed by atoms with Gasteiger partial charge >= 0.3 is 0 Å². The van der Waals surface area contributed by atoms with Gasteiger partial charge in [0, 0.05) is 17.2 Å². The van der Waals surface area contributed by atoms with Gasteiger partial charge in [0.1, 0.15) is 0 Å². The molecule has 0 saturated carbocycles. The number of rotatable bonds is 2. The molecule has 110 valence electrons. The van der Waals surface area contributed by atoms with Gasteiger partial charge in [-0.25, -0.2) is 0 Å². The standard InChI is InChI=1S/C14H19NO3S2/c1-9-7-18-11(6-16)5-15(9)14(17)13-4-10-8-19-3-2-12(10)20-13/h4,9,11,16H,2-3,5-8H2,1H3. The van der Waals surface area contributed by atoms with E-state index in [1.165, 1.54) is 10.4 Å². The molecule has 0 spiro atoms. The van der Waals surface area contributed by atoms with Gasteiger partial charge in [0.15, 0.2) is 0 Å². The van der Waals surface area contributed by atoms with Gasteiger partial charge in [-0.15, -0.1) is 11.3 Å². The molecule has 0 bridgehead atoms. The number of ether oxygens (including phenoxy) is 1. The van der Waals surface area contributed by atoms with E-state index in [2.05, 4.69) is 6.07 Å². The maximum atomic E-state index is 12.7. The summed E-state index contributed by atoms with van der Waals surface area (Å²) >= 11 is 3.57. The zero-order valence-corrected chi connectivity index (χ0v) is 13.1. The quantitative estimate of drug-likeness (QED) is 0.904. The van der Waals surface area contributed by atoms with E-state index >= 15 is 0 Å². The largest absolute Gasteiger partial charge is 0.394 e. The second-order valence-corrected chi connectivity index (χ2v) is 7.55. The Morgan fingerprint density at radius 3 is 3.20 bits per heavy atom. The minimum Gasteiger partial charge on any atom is -0.394 e. The number of carbonyl (C=O) groups is 1. The van der Waals surface area contributed by atoms with Crippen LogP contribution in [0.5, 0.6) is 0 Å². The number of thioether (sulfide) groups is 1. The number of aryl methyl sites for hydroxylation is 1. The SMILES string of the molecule is CC1COC(CO)CN1C(=O)c1cc2c(s1)CCSC2. The number of thiophene rings is 1. The summed E-state index contributed by atoms with van der Waals surface area (Å²) in [5, 5.41) is 9.22. The van der Waals surface area contributed by atoms with Crippen molar-refractivity contribution in [2.75, 3.05) is 25.5 Å². The molecule has 4 nitrogen and oxygen atoms in total. The number of hydrogen-bond donors (Lipinski definition) is 1. The fourth-order valence-corrected chi connectivity index (χ4v) is 4.93. The van der Waals surface area contributed by atoms with E-state index in [1.54, 1.807) is 11.3 Å². The van der Waals surface area contributed by atoms with Gasteiger partial charge in [-0.3, -0.25) is 4.79 Å². The lowest BCUT2D eigenvalue weighted by atomic mass is 10.1.